The van der Waals surface area contributed by atoms with Crippen molar-refractivity contribution < 1.29 is 28.6 Å². The van der Waals surface area contributed by atoms with E-state index >= 15 is 0 Å². The van der Waals surface area contributed by atoms with E-state index in [1.54, 1.807) is 41.5 Å². The van der Waals surface area contributed by atoms with Gasteiger partial charge >= 0.3 is 18.3 Å². The summed E-state index contributed by atoms with van der Waals surface area (Å²) in [6.07, 6.45) is -1.35. The molecule has 0 aromatic carbocycles. The molecule has 1 aliphatic heterocycles. The van der Waals surface area contributed by atoms with Gasteiger partial charge in [0.15, 0.2) is 0 Å². The molecule has 0 spiro atoms. The van der Waals surface area contributed by atoms with E-state index in [-0.39, 0.29) is 12.6 Å². The molecule has 150 valence electrons. The van der Waals surface area contributed by atoms with Crippen LogP contribution in [0.15, 0.2) is 0 Å². The first-order valence-electron chi connectivity index (χ1n) is 8.71. The van der Waals surface area contributed by atoms with Crippen LogP contribution in [0.5, 0.6) is 0 Å². The number of nitrogens with zero attached hydrogens (tertiary/aromatic N) is 1. The number of carbonyl (C=O) groups excluding carboxylic acids is 3. The quantitative estimate of drug-likeness (QED) is 0.710. The largest absolute Gasteiger partial charge is 0.447 e. The molecule has 0 aromatic rings. The normalized spacial score (nSPS) is 19.0. The molecular weight excluding hydrogens is 342 g/mol. The predicted molar refractivity (Wildman–Crippen MR) is 94.7 cm³/mol. The third kappa shape index (κ3) is 7.47. The molecule has 0 bridgehead atoms. The third-order valence-corrected chi connectivity index (χ3v) is 3.34. The van der Waals surface area contributed by atoms with E-state index in [1.807, 2.05) is 0 Å². The van der Waals surface area contributed by atoms with Crippen LogP contribution in [0, 0.1) is 0 Å². The van der Waals surface area contributed by atoms with Crippen LogP contribution in [0.4, 0.5) is 14.4 Å². The van der Waals surface area contributed by atoms with Crippen molar-refractivity contribution in [3.05, 3.63) is 0 Å². The first-order valence-corrected chi connectivity index (χ1v) is 8.71. The van der Waals surface area contributed by atoms with E-state index in [9.17, 15) is 14.4 Å². The summed E-state index contributed by atoms with van der Waals surface area (Å²) >= 11 is 0. The molecule has 0 aromatic heterocycles. The lowest BCUT2D eigenvalue weighted by atomic mass is 10.0. The molecule has 2 atom stereocenters. The average Bonchev–Trinajstić information content (AvgIpc) is 2.75. The molecule has 1 aliphatic rings. The second kappa shape index (κ2) is 8.57. The Labute approximate surface area is 154 Å². The standard InChI is InChI=1S/C17H31N3O6/c1-16(2,3)25-13(21)19-11(7-8-18)9-12-10-24-14(22)20(12)15(23)26-17(4,5)6/h11-12H,7-10,18H2,1-6H3,(H,19,21)/t11-,12+/m1/s1. The maximum Gasteiger partial charge on any atom is 0.420 e. The molecule has 0 saturated carbocycles. The van der Waals surface area contributed by atoms with E-state index in [4.69, 9.17) is 19.9 Å². The Morgan fingerprint density at radius 1 is 1.23 bits per heavy atom. The highest BCUT2D eigenvalue weighted by Gasteiger charge is 2.41. The lowest BCUT2D eigenvalue weighted by Gasteiger charge is -2.28. The number of ether oxygens (including phenoxy) is 3. The molecule has 1 rings (SSSR count). The van der Waals surface area contributed by atoms with Gasteiger partial charge in [0, 0.05) is 6.04 Å². The average molecular weight is 373 g/mol. The molecule has 3 amide bonds. The van der Waals surface area contributed by atoms with Crippen molar-refractivity contribution >= 4 is 18.3 Å². The smallest absolute Gasteiger partial charge is 0.420 e. The third-order valence-electron chi connectivity index (χ3n) is 3.34. The van der Waals surface area contributed by atoms with Gasteiger partial charge in [-0.05, 0) is 60.9 Å². The first-order chi connectivity index (χ1) is 11.8. The van der Waals surface area contributed by atoms with Gasteiger partial charge in [-0.1, -0.05) is 0 Å². The summed E-state index contributed by atoms with van der Waals surface area (Å²) in [6, 6.07) is -0.928. The topological polar surface area (TPSA) is 120 Å². The molecule has 0 radical (unpaired) electrons. The second-order valence-corrected chi connectivity index (χ2v) is 8.24. The monoisotopic (exact) mass is 373 g/mol. The van der Waals surface area contributed by atoms with Gasteiger partial charge in [0.2, 0.25) is 0 Å². The summed E-state index contributed by atoms with van der Waals surface area (Å²) < 4.78 is 15.5. The Morgan fingerprint density at radius 2 is 1.81 bits per heavy atom. The Balaban J connectivity index is 2.77. The second-order valence-electron chi connectivity index (χ2n) is 8.24. The van der Waals surface area contributed by atoms with E-state index in [1.165, 1.54) is 0 Å². The number of amides is 3. The number of nitrogens with two attached hydrogens (primary N) is 1. The van der Waals surface area contributed by atoms with Gasteiger partial charge in [-0.2, -0.15) is 0 Å². The van der Waals surface area contributed by atoms with Gasteiger partial charge in [-0.25, -0.2) is 19.3 Å². The minimum Gasteiger partial charge on any atom is -0.447 e. The summed E-state index contributed by atoms with van der Waals surface area (Å²) in [7, 11) is 0. The number of hydrogen-bond donors (Lipinski definition) is 2. The van der Waals surface area contributed by atoms with E-state index in [0.717, 1.165) is 4.90 Å². The predicted octanol–water partition coefficient (Wildman–Crippen LogP) is 2.37. The fraction of sp³-hybridized carbons (Fsp3) is 0.824. The first kappa shape index (κ1) is 22.0. The maximum atomic E-state index is 12.3. The number of hydrogen-bond acceptors (Lipinski definition) is 7. The lowest BCUT2D eigenvalue weighted by Crippen LogP contribution is -2.47. The van der Waals surface area contributed by atoms with Crippen LogP contribution in [0.3, 0.4) is 0 Å². The summed E-state index contributed by atoms with van der Waals surface area (Å²) in [4.78, 5) is 37.2. The number of rotatable bonds is 5. The molecule has 1 saturated heterocycles. The van der Waals surface area contributed by atoms with Crippen LogP contribution in [-0.2, 0) is 14.2 Å². The van der Waals surface area contributed by atoms with Crippen LogP contribution in [0.2, 0.25) is 0 Å². The Morgan fingerprint density at radius 3 is 2.31 bits per heavy atom. The zero-order valence-corrected chi connectivity index (χ0v) is 16.5. The van der Waals surface area contributed by atoms with Crippen molar-refractivity contribution in [3.8, 4) is 0 Å². The zero-order chi connectivity index (χ0) is 20.1. The van der Waals surface area contributed by atoms with Crippen molar-refractivity contribution in [2.75, 3.05) is 13.2 Å². The van der Waals surface area contributed by atoms with Crippen LogP contribution in [0.25, 0.3) is 0 Å². The highest BCUT2D eigenvalue weighted by Crippen LogP contribution is 2.22. The van der Waals surface area contributed by atoms with Crippen molar-refractivity contribution in [1.29, 1.82) is 0 Å². The summed E-state index contributed by atoms with van der Waals surface area (Å²) in [6.45, 7) is 10.8. The van der Waals surface area contributed by atoms with Gasteiger partial charge in [0.1, 0.15) is 17.8 Å². The highest BCUT2D eigenvalue weighted by atomic mass is 16.6. The minimum atomic E-state index is -0.770. The molecule has 0 aliphatic carbocycles. The summed E-state index contributed by atoms with van der Waals surface area (Å²) in [5, 5.41) is 2.74. The zero-order valence-electron chi connectivity index (χ0n) is 16.5. The molecule has 26 heavy (non-hydrogen) atoms. The Kier molecular flexibility index (Phi) is 7.25. The summed E-state index contributed by atoms with van der Waals surface area (Å²) in [5.41, 5.74) is 4.24. The van der Waals surface area contributed by atoms with Crippen LogP contribution in [0.1, 0.15) is 54.4 Å². The van der Waals surface area contributed by atoms with Crippen LogP contribution in [-0.4, -0.2) is 59.6 Å². The van der Waals surface area contributed by atoms with Crippen molar-refractivity contribution in [2.24, 2.45) is 5.73 Å². The minimum absolute atomic E-state index is 0.0369. The molecule has 9 nitrogen and oxygen atoms in total. The van der Waals surface area contributed by atoms with Gasteiger partial charge in [0.05, 0.1) is 6.04 Å². The Hall–Kier alpha value is -2.03. The molecule has 3 N–H and O–H groups in total. The van der Waals surface area contributed by atoms with E-state index in [0.29, 0.717) is 19.4 Å². The number of carbonyl (C=O) groups is 3. The van der Waals surface area contributed by atoms with Gasteiger partial charge < -0.3 is 25.3 Å². The lowest BCUT2D eigenvalue weighted by molar-refractivity contribution is 0.0280. The molecule has 1 fully saturated rings. The van der Waals surface area contributed by atoms with Crippen molar-refractivity contribution in [1.82, 2.24) is 10.2 Å². The molecular formula is C17H31N3O6. The van der Waals surface area contributed by atoms with Crippen LogP contribution < -0.4 is 11.1 Å². The molecule has 0 unspecified atom stereocenters. The molecule has 9 heteroatoms. The van der Waals surface area contributed by atoms with Crippen LogP contribution >= 0.6 is 0 Å². The number of alkyl carbamates (subject to hydrolysis) is 1. The number of cyclic esters (lactones) is 1. The number of nitrogens with one attached hydrogen (secondary N) is 1. The number of imide groups is 1. The van der Waals surface area contributed by atoms with Crippen molar-refractivity contribution in [2.45, 2.75) is 77.7 Å². The Bertz CT molecular complexity index is 524. The summed E-state index contributed by atoms with van der Waals surface area (Å²) in [5.74, 6) is 0. The van der Waals surface area contributed by atoms with E-state index in [2.05, 4.69) is 5.32 Å². The van der Waals surface area contributed by atoms with E-state index < -0.39 is 35.5 Å². The fourth-order valence-electron chi connectivity index (χ4n) is 2.42. The van der Waals surface area contributed by atoms with Crippen molar-refractivity contribution in [3.63, 3.8) is 0 Å². The van der Waals surface area contributed by atoms with Gasteiger partial charge in [-0.15, -0.1) is 0 Å². The molecule has 1 heterocycles. The highest BCUT2D eigenvalue weighted by molar-refractivity contribution is 5.89. The van der Waals surface area contributed by atoms with Gasteiger partial charge in [0.25, 0.3) is 0 Å². The van der Waals surface area contributed by atoms with Gasteiger partial charge in [-0.3, -0.25) is 0 Å². The SMILES string of the molecule is CC(C)(C)OC(=O)N[C@H](CCN)C[C@H]1COC(=O)N1C(=O)OC(C)(C)C. The maximum absolute atomic E-state index is 12.3. The fourth-order valence-corrected chi connectivity index (χ4v) is 2.42.